The lowest BCUT2D eigenvalue weighted by Crippen LogP contribution is -2.30. The third-order valence-electron chi connectivity index (χ3n) is 3.19. The van der Waals surface area contributed by atoms with E-state index in [1.54, 1.807) is 0 Å². The summed E-state index contributed by atoms with van der Waals surface area (Å²) in [7, 11) is 0. The van der Waals surface area contributed by atoms with Gasteiger partial charge < -0.3 is 0 Å². The summed E-state index contributed by atoms with van der Waals surface area (Å²) in [5.74, 6) is 0.489. The first-order valence-corrected chi connectivity index (χ1v) is 5.60. The summed E-state index contributed by atoms with van der Waals surface area (Å²) in [5, 5.41) is 0. The molecule has 15 heavy (non-hydrogen) atoms. The van der Waals surface area contributed by atoms with E-state index in [0.29, 0.717) is 12.2 Å². The molecule has 0 aromatic heterocycles. The third-order valence-corrected chi connectivity index (χ3v) is 3.19. The lowest BCUT2D eigenvalue weighted by Gasteiger charge is -2.34. The summed E-state index contributed by atoms with van der Waals surface area (Å²) < 4.78 is 0. The van der Waals surface area contributed by atoms with Crippen molar-refractivity contribution in [2.45, 2.75) is 39.5 Å². The predicted molar refractivity (Wildman–Crippen MR) is 62.0 cm³/mol. The lowest BCUT2D eigenvalue weighted by atomic mass is 9.69. The average molecular weight is 202 g/mol. The zero-order valence-corrected chi connectivity index (χ0v) is 9.71. The summed E-state index contributed by atoms with van der Waals surface area (Å²) in [4.78, 5) is 12.0. The highest BCUT2D eigenvalue weighted by atomic mass is 16.1. The molecule has 1 aromatic rings. The standard InChI is InChI=1S/C14H18O/c1-14(2,3)13-11-7-5-4-6-10(11)8-9-12(13)15/h4-7,13H,8-9H2,1-3H3. The molecule has 2 rings (SSSR count). The molecule has 1 aromatic carbocycles. The van der Waals surface area contributed by atoms with Crippen molar-refractivity contribution in [2.75, 3.05) is 0 Å². The maximum atomic E-state index is 12.0. The molecule has 0 saturated carbocycles. The van der Waals surface area contributed by atoms with Gasteiger partial charge in [-0.15, -0.1) is 0 Å². The fourth-order valence-corrected chi connectivity index (χ4v) is 2.57. The minimum absolute atomic E-state index is 0.0353. The second kappa shape index (κ2) is 3.48. The lowest BCUT2D eigenvalue weighted by molar-refractivity contribution is -0.123. The van der Waals surface area contributed by atoms with Gasteiger partial charge in [0.15, 0.2) is 0 Å². The van der Waals surface area contributed by atoms with E-state index in [1.807, 2.05) is 6.07 Å². The van der Waals surface area contributed by atoms with E-state index >= 15 is 0 Å². The molecule has 0 radical (unpaired) electrons. The molecule has 0 spiro atoms. The Kier molecular flexibility index (Phi) is 2.41. The normalized spacial score (nSPS) is 21.3. The van der Waals surface area contributed by atoms with Crippen molar-refractivity contribution in [1.29, 1.82) is 0 Å². The molecule has 0 fully saturated rings. The highest BCUT2D eigenvalue weighted by Crippen LogP contribution is 2.41. The summed E-state index contributed by atoms with van der Waals surface area (Å²) in [5.41, 5.74) is 2.64. The molecule has 0 amide bonds. The van der Waals surface area contributed by atoms with Crippen molar-refractivity contribution < 1.29 is 4.79 Å². The number of hydrogen-bond acceptors (Lipinski definition) is 1. The average Bonchev–Trinajstić information content (AvgIpc) is 2.15. The Morgan fingerprint density at radius 2 is 1.80 bits per heavy atom. The second-order valence-electron chi connectivity index (χ2n) is 5.46. The second-order valence-corrected chi connectivity index (χ2v) is 5.46. The number of hydrogen-bond donors (Lipinski definition) is 0. The summed E-state index contributed by atoms with van der Waals surface area (Å²) >= 11 is 0. The summed E-state index contributed by atoms with van der Waals surface area (Å²) in [6.07, 6.45) is 1.63. The van der Waals surface area contributed by atoms with Gasteiger partial charge in [0.25, 0.3) is 0 Å². The van der Waals surface area contributed by atoms with Crippen molar-refractivity contribution >= 4 is 5.78 Å². The third kappa shape index (κ3) is 1.83. The Labute approximate surface area is 91.5 Å². The first kappa shape index (κ1) is 10.4. The fourth-order valence-electron chi connectivity index (χ4n) is 2.57. The Balaban J connectivity index is 2.51. The van der Waals surface area contributed by atoms with E-state index in [0.717, 1.165) is 6.42 Å². The van der Waals surface area contributed by atoms with Gasteiger partial charge in [-0.3, -0.25) is 4.79 Å². The van der Waals surface area contributed by atoms with Crippen molar-refractivity contribution in [3.63, 3.8) is 0 Å². The van der Waals surface area contributed by atoms with Crippen LogP contribution < -0.4 is 0 Å². The van der Waals surface area contributed by atoms with Crippen LogP contribution in [0.25, 0.3) is 0 Å². The van der Waals surface area contributed by atoms with Gasteiger partial charge in [-0.1, -0.05) is 45.0 Å². The minimum Gasteiger partial charge on any atom is -0.299 e. The molecule has 1 nitrogen and oxygen atoms in total. The molecule has 80 valence electrons. The Morgan fingerprint density at radius 3 is 2.47 bits per heavy atom. The van der Waals surface area contributed by atoms with E-state index in [4.69, 9.17) is 0 Å². The highest BCUT2D eigenvalue weighted by molar-refractivity contribution is 5.88. The van der Waals surface area contributed by atoms with Gasteiger partial charge >= 0.3 is 0 Å². The molecule has 0 N–H and O–H groups in total. The maximum Gasteiger partial charge on any atom is 0.141 e. The van der Waals surface area contributed by atoms with Gasteiger partial charge in [0.1, 0.15) is 5.78 Å². The van der Waals surface area contributed by atoms with Crippen LogP contribution in [0.2, 0.25) is 0 Å². The van der Waals surface area contributed by atoms with Gasteiger partial charge in [-0.25, -0.2) is 0 Å². The van der Waals surface area contributed by atoms with E-state index in [2.05, 4.69) is 39.0 Å². The molecule has 1 heteroatoms. The number of ketones is 1. The van der Waals surface area contributed by atoms with Crippen molar-refractivity contribution in [2.24, 2.45) is 5.41 Å². The van der Waals surface area contributed by atoms with Gasteiger partial charge in [-0.05, 0) is 23.0 Å². The highest BCUT2D eigenvalue weighted by Gasteiger charge is 2.35. The Hall–Kier alpha value is -1.11. The monoisotopic (exact) mass is 202 g/mol. The Morgan fingerprint density at radius 1 is 1.13 bits per heavy atom. The van der Waals surface area contributed by atoms with Crippen LogP contribution in [0.1, 0.15) is 44.2 Å². The molecule has 0 saturated heterocycles. The van der Waals surface area contributed by atoms with Crippen LogP contribution >= 0.6 is 0 Å². The van der Waals surface area contributed by atoms with E-state index in [9.17, 15) is 4.79 Å². The number of aryl methyl sites for hydroxylation is 1. The number of benzene rings is 1. The fraction of sp³-hybridized carbons (Fsp3) is 0.500. The molecular formula is C14H18O. The van der Waals surface area contributed by atoms with Crippen LogP contribution in [-0.2, 0) is 11.2 Å². The summed E-state index contributed by atoms with van der Waals surface area (Å²) in [6, 6.07) is 8.37. The molecule has 0 bridgehead atoms. The first-order chi connectivity index (χ1) is 7.00. The van der Waals surface area contributed by atoms with Crippen LogP contribution in [0, 0.1) is 5.41 Å². The van der Waals surface area contributed by atoms with Gasteiger partial charge in [0.05, 0.1) is 0 Å². The SMILES string of the molecule is CC(C)(C)C1C(=O)CCc2ccccc21. The summed E-state index contributed by atoms with van der Waals surface area (Å²) in [6.45, 7) is 6.45. The number of carbonyl (C=O) groups excluding carboxylic acids is 1. The van der Waals surface area contributed by atoms with Crippen LogP contribution in [0.5, 0.6) is 0 Å². The quantitative estimate of drug-likeness (QED) is 0.630. The van der Waals surface area contributed by atoms with Gasteiger partial charge in [-0.2, -0.15) is 0 Å². The number of carbonyl (C=O) groups is 1. The van der Waals surface area contributed by atoms with E-state index in [1.165, 1.54) is 11.1 Å². The van der Waals surface area contributed by atoms with Gasteiger partial charge in [0.2, 0.25) is 0 Å². The van der Waals surface area contributed by atoms with Crippen LogP contribution in [-0.4, -0.2) is 5.78 Å². The number of fused-ring (bicyclic) bond motifs is 1. The van der Waals surface area contributed by atoms with Crippen LogP contribution in [0.4, 0.5) is 0 Å². The zero-order valence-electron chi connectivity index (χ0n) is 9.71. The first-order valence-electron chi connectivity index (χ1n) is 5.60. The largest absolute Gasteiger partial charge is 0.299 e. The maximum absolute atomic E-state index is 12.0. The molecule has 1 atom stereocenters. The van der Waals surface area contributed by atoms with Crippen molar-refractivity contribution in [3.05, 3.63) is 35.4 Å². The van der Waals surface area contributed by atoms with Crippen LogP contribution in [0.3, 0.4) is 0 Å². The van der Waals surface area contributed by atoms with Crippen LogP contribution in [0.15, 0.2) is 24.3 Å². The molecule has 1 aliphatic carbocycles. The molecule has 0 aliphatic heterocycles. The topological polar surface area (TPSA) is 17.1 Å². The number of rotatable bonds is 0. The smallest absolute Gasteiger partial charge is 0.141 e. The van der Waals surface area contributed by atoms with Gasteiger partial charge in [0, 0.05) is 12.3 Å². The van der Waals surface area contributed by atoms with Crippen molar-refractivity contribution in [3.8, 4) is 0 Å². The number of Topliss-reactive ketones (excluding diaryl/α,β-unsaturated/α-hetero) is 1. The molecule has 1 aliphatic rings. The predicted octanol–water partition coefficient (Wildman–Crippen LogP) is 3.33. The van der Waals surface area contributed by atoms with E-state index in [-0.39, 0.29) is 11.3 Å². The zero-order chi connectivity index (χ0) is 11.1. The Bertz CT molecular complexity index is 385. The van der Waals surface area contributed by atoms with E-state index < -0.39 is 0 Å². The van der Waals surface area contributed by atoms with Crippen molar-refractivity contribution in [1.82, 2.24) is 0 Å². The molecule has 1 unspecified atom stereocenters. The minimum atomic E-state index is 0.0353. The molecule has 0 heterocycles. The molecular weight excluding hydrogens is 184 g/mol.